The molecule has 0 aliphatic heterocycles. The van der Waals surface area contributed by atoms with Crippen molar-refractivity contribution < 1.29 is 9.47 Å². The van der Waals surface area contributed by atoms with Crippen LogP contribution >= 0.6 is 0 Å². The number of hydrogen-bond acceptors (Lipinski definition) is 7. The number of rotatable bonds is 8. The van der Waals surface area contributed by atoms with Crippen LogP contribution in [0.2, 0.25) is 0 Å². The van der Waals surface area contributed by atoms with E-state index in [1.54, 1.807) is 20.4 Å². The molecule has 1 aliphatic carbocycles. The Labute approximate surface area is 167 Å². The first kappa shape index (κ1) is 20.2. The molecule has 28 heavy (non-hydrogen) atoms. The molecular weight excluding hydrogens is 354 g/mol. The highest BCUT2D eigenvalue weighted by Crippen LogP contribution is 2.26. The zero-order chi connectivity index (χ0) is 19.9. The topological polar surface area (TPSA) is 71.5 Å². The van der Waals surface area contributed by atoms with Gasteiger partial charge in [-0.3, -0.25) is 0 Å². The van der Waals surface area contributed by atoms with Crippen molar-refractivity contribution in [1.82, 2.24) is 15.3 Å². The van der Waals surface area contributed by atoms with Crippen molar-refractivity contribution in [3.05, 3.63) is 36.0 Å². The quantitative estimate of drug-likeness (QED) is 0.723. The van der Waals surface area contributed by atoms with Crippen LogP contribution in [0.5, 0.6) is 11.5 Å². The Bertz CT molecular complexity index is 760. The lowest BCUT2D eigenvalue weighted by Gasteiger charge is -2.30. The molecule has 0 unspecified atom stereocenters. The van der Waals surface area contributed by atoms with Gasteiger partial charge >= 0.3 is 0 Å². The third kappa shape index (κ3) is 5.25. The van der Waals surface area contributed by atoms with Crippen LogP contribution in [0.4, 0.5) is 11.8 Å². The minimum atomic E-state index is 0.422. The highest BCUT2D eigenvalue weighted by Gasteiger charge is 2.21. The molecular formula is C21H31N5O2. The average molecular weight is 386 g/mol. The first-order valence-corrected chi connectivity index (χ1v) is 9.80. The van der Waals surface area contributed by atoms with Crippen LogP contribution in [-0.2, 0) is 6.54 Å². The molecule has 0 bridgehead atoms. The smallest absolute Gasteiger partial charge is 0.224 e. The fraction of sp³-hybridized carbons (Fsp3) is 0.524. The van der Waals surface area contributed by atoms with Crippen LogP contribution in [0.25, 0.3) is 0 Å². The summed E-state index contributed by atoms with van der Waals surface area (Å²) < 4.78 is 10.8. The molecule has 1 heterocycles. The van der Waals surface area contributed by atoms with Gasteiger partial charge in [-0.05, 0) is 37.8 Å². The minimum Gasteiger partial charge on any atom is -0.497 e. The second-order valence-corrected chi connectivity index (χ2v) is 7.38. The summed E-state index contributed by atoms with van der Waals surface area (Å²) in [5, 5.41) is 7.16. The standard InChI is InChI=1S/C21H31N5O2/c1-26(2)20-11-12-22-21(25-20)24-17-8-6-16(7-9-17)23-14-15-5-10-18(27-3)13-19(15)28-4/h5,10-13,16-17,23H,6-9,14H2,1-4H3,(H,22,24,25)/t16-,17+. The number of aromatic nitrogens is 2. The van der Waals surface area contributed by atoms with Gasteiger partial charge in [0.15, 0.2) is 0 Å². The maximum Gasteiger partial charge on any atom is 0.224 e. The summed E-state index contributed by atoms with van der Waals surface area (Å²) in [6.45, 7) is 0.796. The number of methoxy groups -OCH3 is 2. The third-order valence-corrected chi connectivity index (χ3v) is 5.23. The van der Waals surface area contributed by atoms with Gasteiger partial charge < -0.3 is 25.0 Å². The summed E-state index contributed by atoms with van der Waals surface area (Å²) in [6.07, 6.45) is 6.27. The van der Waals surface area contributed by atoms with Gasteiger partial charge in [0.1, 0.15) is 17.3 Å². The molecule has 1 fully saturated rings. The predicted octanol–water partition coefficient (Wildman–Crippen LogP) is 3.07. The maximum atomic E-state index is 5.49. The summed E-state index contributed by atoms with van der Waals surface area (Å²) >= 11 is 0. The summed E-state index contributed by atoms with van der Waals surface area (Å²) in [5.41, 5.74) is 1.15. The van der Waals surface area contributed by atoms with Crippen LogP contribution in [-0.4, -0.2) is 50.4 Å². The summed E-state index contributed by atoms with van der Waals surface area (Å²) in [4.78, 5) is 10.9. The van der Waals surface area contributed by atoms with Crippen molar-refractivity contribution in [3.63, 3.8) is 0 Å². The van der Waals surface area contributed by atoms with Gasteiger partial charge in [-0.15, -0.1) is 0 Å². The van der Waals surface area contributed by atoms with Crippen molar-refractivity contribution in [2.75, 3.05) is 38.5 Å². The normalized spacial score (nSPS) is 19.1. The Balaban J connectivity index is 1.47. The van der Waals surface area contributed by atoms with Gasteiger partial charge in [0.05, 0.1) is 14.2 Å². The molecule has 0 atom stereocenters. The van der Waals surface area contributed by atoms with E-state index in [0.29, 0.717) is 18.0 Å². The van der Waals surface area contributed by atoms with Crippen LogP contribution in [0.3, 0.4) is 0 Å². The first-order valence-electron chi connectivity index (χ1n) is 9.80. The fourth-order valence-corrected chi connectivity index (χ4v) is 3.54. The zero-order valence-electron chi connectivity index (χ0n) is 17.2. The Hall–Kier alpha value is -2.54. The fourth-order valence-electron chi connectivity index (χ4n) is 3.54. The lowest BCUT2D eigenvalue weighted by atomic mass is 9.91. The van der Waals surface area contributed by atoms with E-state index < -0.39 is 0 Å². The number of hydrogen-bond donors (Lipinski definition) is 2. The van der Waals surface area contributed by atoms with Crippen LogP contribution in [0, 0.1) is 0 Å². The predicted molar refractivity (Wildman–Crippen MR) is 112 cm³/mol. The molecule has 1 aromatic heterocycles. The van der Waals surface area contributed by atoms with Gasteiger partial charge in [0.25, 0.3) is 0 Å². The van der Waals surface area contributed by atoms with E-state index in [2.05, 4.69) is 26.7 Å². The third-order valence-electron chi connectivity index (χ3n) is 5.23. The number of nitrogens with zero attached hydrogens (tertiary/aromatic N) is 3. The molecule has 0 saturated heterocycles. The average Bonchev–Trinajstić information content (AvgIpc) is 2.73. The Morgan fingerprint density at radius 2 is 1.79 bits per heavy atom. The molecule has 2 N–H and O–H groups in total. The molecule has 0 amide bonds. The molecule has 0 radical (unpaired) electrons. The van der Waals surface area contributed by atoms with Crippen molar-refractivity contribution in [2.24, 2.45) is 0 Å². The zero-order valence-corrected chi connectivity index (χ0v) is 17.2. The number of nitrogens with one attached hydrogen (secondary N) is 2. The Morgan fingerprint density at radius 3 is 2.46 bits per heavy atom. The van der Waals surface area contributed by atoms with Crippen LogP contribution < -0.4 is 25.0 Å². The second kappa shape index (κ2) is 9.59. The molecule has 3 rings (SSSR count). The summed E-state index contributed by atoms with van der Waals surface area (Å²) in [5.74, 6) is 3.31. The van der Waals surface area contributed by atoms with Crippen molar-refractivity contribution in [1.29, 1.82) is 0 Å². The molecule has 7 nitrogen and oxygen atoms in total. The van der Waals surface area contributed by atoms with Crippen molar-refractivity contribution in [3.8, 4) is 11.5 Å². The molecule has 0 spiro atoms. The monoisotopic (exact) mass is 385 g/mol. The minimum absolute atomic E-state index is 0.422. The van der Waals surface area contributed by atoms with E-state index in [9.17, 15) is 0 Å². The van der Waals surface area contributed by atoms with Gasteiger partial charge in [0, 0.05) is 50.6 Å². The van der Waals surface area contributed by atoms with Crippen LogP contribution in [0.1, 0.15) is 31.2 Å². The van der Waals surface area contributed by atoms with Gasteiger partial charge in [-0.25, -0.2) is 4.98 Å². The van der Waals surface area contributed by atoms with Gasteiger partial charge in [-0.1, -0.05) is 6.07 Å². The van der Waals surface area contributed by atoms with E-state index in [4.69, 9.17) is 9.47 Å². The number of ether oxygens (including phenoxy) is 2. The summed E-state index contributed by atoms with van der Waals surface area (Å²) in [7, 11) is 7.34. The second-order valence-electron chi connectivity index (χ2n) is 7.38. The Morgan fingerprint density at radius 1 is 1.04 bits per heavy atom. The van der Waals surface area contributed by atoms with Crippen LogP contribution in [0.15, 0.2) is 30.5 Å². The van der Waals surface area contributed by atoms with Gasteiger partial charge in [0.2, 0.25) is 5.95 Å². The van der Waals surface area contributed by atoms with E-state index in [1.807, 2.05) is 37.2 Å². The lowest BCUT2D eigenvalue weighted by molar-refractivity contribution is 0.347. The molecule has 2 aromatic rings. The summed E-state index contributed by atoms with van der Waals surface area (Å²) in [6, 6.07) is 8.82. The maximum absolute atomic E-state index is 5.49. The largest absolute Gasteiger partial charge is 0.497 e. The molecule has 1 aromatic carbocycles. The van der Waals surface area contributed by atoms with Crippen molar-refractivity contribution in [2.45, 2.75) is 44.3 Å². The number of benzene rings is 1. The lowest BCUT2D eigenvalue weighted by Crippen LogP contribution is -2.37. The highest BCUT2D eigenvalue weighted by molar-refractivity contribution is 5.42. The molecule has 7 heteroatoms. The van der Waals surface area contributed by atoms with Gasteiger partial charge in [-0.2, -0.15) is 4.98 Å². The molecule has 1 aliphatic rings. The van der Waals surface area contributed by atoms with E-state index >= 15 is 0 Å². The van der Waals surface area contributed by atoms with Crippen molar-refractivity contribution >= 4 is 11.8 Å². The van der Waals surface area contributed by atoms with E-state index in [0.717, 1.165) is 55.1 Å². The first-order chi connectivity index (χ1) is 13.6. The van der Waals surface area contributed by atoms with E-state index in [-0.39, 0.29) is 0 Å². The Kier molecular flexibility index (Phi) is 6.92. The molecule has 1 saturated carbocycles. The molecule has 152 valence electrons. The number of anilines is 2. The SMILES string of the molecule is COc1ccc(CN[C@H]2CC[C@@H](Nc3nccc(N(C)C)n3)CC2)c(OC)c1. The van der Waals surface area contributed by atoms with E-state index in [1.165, 1.54) is 0 Å². The highest BCUT2D eigenvalue weighted by atomic mass is 16.5.